The van der Waals surface area contributed by atoms with Gasteiger partial charge in [-0.1, -0.05) is 24.3 Å². The van der Waals surface area contributed by atoms with Crippen molar-refractivity contribution in [2.75, 3.05) is 6.54 Å². The van der Waals surface area contributed by atoms with Crippen LogP contribution in [0.5, 0.6) is 0 Å². The Morgan fingerprint density at radius 1 is 1.44 bits per heavy atom. The van der Waals surface area contributed by atoms with E-state index in [9.17, 15) is 4.79 Å². The van der Waals surface area contributed by atoms with E-state index in [0.717, 1.165) is 13.0 Å². The Balaban J connectivity index is 2.05. The van der Waals surface area contributed by atoms with Gasteiger partial charge < -0.3 is 9.64 Å². The fourth-order valence-corrected chi connectivity index (χ4v) is 1.87. The molecule has 1 unspecified atom stereocenters. The van der Waals surface area contributed by atoms with Crippen LogP contribution in [0.2, 0.25) is 0 Å². The van der Waals surface area contributed by atoms with Crippen LogP contribution in [-0.4, -0.2) is 23.6 Å². The molecule has 3 nitrogen and oxygen atoms in total. The minimum Gasteiger partial charge on any atom is -0.446 e. The maximum absolute atomic E-state index is 11.6. The maximum atomic E-state index is 11.6. The molecular formula is C13H17NO2. The molecule has 1 aromatic rings. The first-order chi connectivity index (χ1) is 7.66. The number of ether oxygens (including phenoxy) is 1. The molecule has 1 aromatic carbocycles. The van der Waals surface area contributed by atoms with Crippen LogP contribution in [0.4, 0.5) is 4.79 Å². The SMILES string of the molecule is Cc1ccccc1CN1CCC(C)OC1=O. The van der Waals surface area contributed by atoms with E-state index in [0.29, 0.717) is 6.54 Å². The normalized spacial score (nSPS) is 20.8. The van der Waals surface area contributed by atoms with Crippen LogP contribution in [0.25, 0.3) is 0 Å². The van der Waals surface area contributed by atoms with Gasteiger partial charge in [-0.3, -0.25) is 0 Å². The molecule has 0 bridgehead atoms. The lowest BCUT2D eigenvalue weighted by atomic mass is 10.1. The molecule has 0 radical (unpaired) electrons. The molecule has 1 saturated heterocycles. The number of nitrogens with zero attached hydrogens (tertiary/aromatic N) is 1. The van der Waals surface area contributed by atoms with E-state index in [1.54, 1.807) is 4.90 Å². The highest BCUT2D eigenvalue weighted by atomic mass is 16.6. The molecule has 0 spiro atoms. The molecular weight excluding hydrogens is 202 g/mol. The largest absolute Gasteiger partial charge is 0.446 e. The second kappa shape index (κ2) is 4.56. The Morgan fingerprint density at radius 3 is 2.88 bits per heavy atom. The zero-order valence-electron chi connectivity index (χ0n) is 9.77. The van der Waals surface area contributed by atoms with Crippen LogP contribution in [0.1, 0.15) is 24.5 Å². The lowest BCUT2D eigenvalue weighted by Gasteiger charge is -2.30. The van der Waals surface area contributed by atoms with Crippen LogP contribution < -0.4 is 0 Å². The first-order valence-corrected chi connectivity index (χ1v) is 5.67. The molecule has 16 heavy (non-hydrogen) atoms. The van der Waals surface area contributed by atoms with Gasteiger partial charge >= 0.3 is 6.09 Å². The fraction of sp³-hybridized carbons (Fsp3) is 0.462. The van der Waals surface area contributed by atoms with Crippen molar-refractivity contribution >= 4 is 6.09 Å². The van der Waals surface area contributed by atoms with E-state index in [1.807, 2.05) is 19.1 Å². The van der Waals surface area contributed by atoms with Crippen LogP contribution in [0.15, 0.2) is 24.3 Å². The summed E-state index contributed by atoms with van der Waals surface area (Å²) in [5, 5.41) is 0. The number of carbonyl (C=O) groups excluding carboxylic acids is 1. The number of aryl methyl sites for hydroxylation is 1. The number of benzene rings is 1. The quantitative estimate of drug-likeness (QED) is 0.765. The summed E-state index contributed by atoms with van der Waals surface area (Å²) in [6, 6.07) is 8.13. The smallest absolute Gasteiger partial charge is 0.410 e. The lowest BCUT2D eigenvalue weighted by Crippen LogP contribution is -2.40. The summed E-state index contributed by atoms with van der Waals surface area (Å²) in [7, 11) is 0. The molecule has 0 N–H and O–H groups in total. The molecule has 1 aliphatic heterocycles. The minimum atomic E-state index is -0.193. The number of rotatable bonds is 2. The van der Waals surface area contributed by atoms with Crippen LogP contribution in [-0.2, 0) is 11.3 Å². The molecule has 86 valence electrons. The number of amides is 1. The summed E-state index contributed by atoms with van der Waals surface area (Å²) in [6.07, 6.45) is 0.778. The van der Waals surface area contributed by atoms with Gasteiger partial charge in [0.2, 0.25) is 0 Å². The fourth-order valence-electron chi connectivity index (χ4n) is 1.87. The predicted molar refractivity (Wildman–Crippen MR) is 62.1 cm³/mol. The highest BCUT2D eigenvalue weighted by molar-refractivity contribution is 5.68. The van der Waals surface area contributed by atoms with Crippen molar-refractivity contribution in [3.8, 4) is 0 Å². The molecule has 0 aliphatic carbocycles. The van der Waals surface area contributed by atoms with Gasteiger partial charge in [-0.15, -0.1) is 0 Å². The highest BCUT2D eigenvalue weighted by Gasteiger charge is 2.24. The molecule has 1 amide bonds. The summed E-state index contributed by atoms with van der Waals surface area (Å²) in [6.45, 7) is 5.43. The van der Waals surface area contributed by atoms with E-state index in [1.165, 1.54) is 11.1 Å². The van der Waals surface area contributed by atoms with E-state index < -0.39 is 0 Å². The van der Waals surface area contributed by atoms with Gasteiger partial charge in [-0.2, -0.15) is 0 Å². The predicted octanol–water partition coefficient (Wildman–Crippen LogP) is 2.73. The molecule has 0 saturated carbocycles. The Kier molecular flexibility index (Phi) is 3.13. The van der Waals surface area contributed by atoms with Crippen molar-refractivity contribution in [1.29, 1.82) is 0 Å². The van der Waals surface area contributed by atoms with Crippen LogP contribution in [0.3, 0.4) is 0 Å². The van der Waals surface area contributed by atoms with Crippen molar-refractivity contribution in [1.82, 2.24) is 4.90 Å². The number of hydrogen-bond donors (Lipinski definition) is 0. The number of carbonyl (C=O) groups is 1. The van der Waals surface area contributed by atoms with E-state index in [2.05, 4.69) is 19.1 Å². The summed E-state index contributed by atoms with van der Waals surface area (Å²) in [5.41, 5.74) is 2.41. The molecule has 1 aliphatic rings. The van der Waals surface area contributed by atoms with Crippen molar-refractivity contribution in [3.05, 3.63) is 35.4 Å². The van der Waals surface area contributed by atoms with Gasteiger partial charge in [0.05, 0.1) is 0 Å². The summed E-state index contributed by atoms with van der Waals surface area (Å²) >= 11 is 0. The van der Waals surface area contributed by atoms with Crippen molar-refractivity contribution < 1.29 is 9.53 Å². The third-order valence-electron chi connectivity index (χ3n) is 2.99. The molecule has 3 heteroatoms. The highest BCUT2D eigenvalue weighted by Crippen LogP contribution is 2.16. The minimum absolute atomic E-state index is 0.0561. The maximum Gasteiger partial charge on any atom is 0.410 e. The molecule has 1 heterocycles. The van der Waals surface area contributed by atoms with Crippen molar-refractivity contribution in [2.24, 2.45) is 0 Å². The Morgan fingerprint density at radius 2 is 2.19 bits per heavy atom. The first-order valence-electron chi connectivity index (χ1n) is 5.67. The third-order valence-corrected chi connectivity index (χ3v) is 2.99. The standard InChI is InChI=1S/C13H17NO2/c1-10-5-3-4-6-12(10)9-14-8-7-11(2)16-13(14)15/h3-6,11H,7-9H2,1-2H3. The summed E-state index contributed by atoms with van der Waals surface area (Å²) in [5.74, 6) is 0. The van der Waals surface area contributed by atoms with E-state index in [4.69, 9.17) is 4.74 Å². The van der Waals surface area contributed by atoms with Gasteiger partial charge in [-0.05, 0) is 25.0 Å². The Labute approximate surface area is 96.0 Å². The van der Waals surface area contributed by atoms with E-state index >= 15 is 0 Å². The average Bonchev–Trinajstić information content (AvgIpc) is 2.25. The van der Waals surface area contributed by atoms with Crippen LogP contribution in [0, 0.1) is 6.92 Å². The van der Waals surface area contributed by atoms with Crippen molar-refractivity contribution in [2.45, 2.75) is 32.9 Å². The van der Waals surface area contributed by atoms with Crippen molar-refractivity contribution in [3.63, 3.8) is 0 Å². The monoisotopic (exact) mass is 219 g/mol. The molecule has 1 fully saturated rings. The van der Waals surface area contributed by atoms with Gasteiger partial charge in [0.25, 0.3) is 0 Å². The average molecular weight is 219 g/mol. The number of cyclic esters (lactones) is 1. The number of hydrogen-bond acceptors (Lipinski definition) is 2. The first kappa shape index (κ1) is 11.0. The lowest BCUT2D eigenvalue weighted by molar-refractivity contribution is 0.0307. The molecule has 2 rings (SSSR count). The molecule has 1 atom stereocenters. The van der Waals surface area contributed by atoms with Gasteiger partial charge in [-0.25, -0.2) is 4.79 Å². The zero-order valence-corrected chi connectivity index (χ0v) is 9.77. The third kappa shape index (κ3) is 2.35. The zero-order chi connectivity index (χ0) is 11.5. The van der Waals surface area contributed by atoms with Gasteiger partial charge in [0, 0.05) is 19.5 Å². The van der Waals surface area contributed by atoms with Crippen LogP contribution >= 0.6 is 0 Å². The summed E-state index contributed by atoms with van der Waals surface area (Å²) in [4.78, 5) is 13.4. The Bertz CT molecular complexity index is 389. The van der Waals surface area contributed by atoms with Gasteiger partial charge in [0.15, 0.2) is 0 Å². The Hall–Kier alpha value is -1.51. The summed E-state index contributed by atoms with van der Waals surface area (Å²) < 4.78 is 5.20. The van der Waals surface area contributed by atoms with Gasteiger partial charge in [0.1, 0.15) is 6.10 Å². The molecule has 0 aromatic heterocycles. The second-order valence-corrected chi connectivity index (χ2v) is 4.33. The topological polar surface area (TPSA) is 29.5 Å². The van der Waals surface area contributed by atoms with E-state index in [-0.39, 0.29) is 12.2 Å². The second-order valence-electron chi connectivity index (χ2n) is 4.33.